The van der Waals surface area contributed by atoms with Gasteiger partial charge >= 0.3 is 0 Å². The number of ether oxygens (including phenoxy) is 2. The number of carbonyl (C=O) groups excluding carboxylic acids is 1. The Hall–Kier alpha value is -2.21. The molecule has 152 valence electrons. The van der Waals surface area contributed by atoms with E-state index in [4.69, 9.17) is 9.47 Å². The van der Waals surface area contributed by atoms with Crippen molar-refractivity contribution in [3.8, 4) is 11.5 Å². The Morgan fingerprint density at radius 1 is 1.11 bits per heavy atom. The van der Waals surface area contributed by atoms with Gasteiger partial charge < -0.3 is 20.1 Å². The number of halogens is 1. The highest BCUT2D eigenvalue weighted by atomic mass is 79.9. The first-order valence-electron chi connectivity index (χ1n) is 9.64. The highest BCUT2D eigenvalue weighted by molar-refractivity contribution is 9.10. The monoisotopic (exact) mass is 448 g/mol. The molecule has 0 bridgehead atoms. The lowest BCUT2D eigenvalue weighted by Crippen LogP contribution is -2.27. The lowest BCUT2D eigenvalue weighted by molar-refractivity contribution is 0.0949. The van der Waals surface area contributed by atoms with Crippen LogP contribution in [0.3, 0.4) is 0 Å². The van der Waals surface area contributed by atoms with Gasteiger partial charge in [-0.2, -0.15) is 0 Å². The van der Waals surface area contributed by atoms with E-state index in [2.05, 4.69) is 40.4 Å². The van der Waals surface area contributed by atoms with Crippen molar-refractivity contribution < 1.29 is 14.3 Å². The molecule has 0 aliphatic heterocycles. The standard InChI is InChI=1S/C22H29BrN2O3/c1-5-27-20-11-16(10-19(23)21(20)28-6-2)14-24-18-9-7-8-17(12-18)22(26)25-13-15(3)4/h7-12,15,24H,5-6,13-14H2,1-4H3,(H,25,26). The first-order chi connectivity index (χ1) is 13.4. The van der Waals surface area contributed by atoms with Gasteiger partial charge in [-0.05, 0) is 71.6 Å². The first-order valence-corrected chi connectivity index (χ1v) is 10.4. The molecule has 2 aromatic rings. The van der Waals surface area contributed by atoms with E-state index in [0.717, 1.165) is 27.2 Å². The van der Waals surface area contributed by atoms with Gasteiger partial charge in [0.05, 0.1) is 17.7 Å². The van der Waals surface area contributed by atoms with Crippen LogP contribution in [0.25, 0.3) is 0 Å². The number of carbonyl (C=O) groups is 1. The van der Waals surface area contributed by atoms with Crippen molar-refractivity contribution >= 4 is 27.5 Å². The molecule has 2 rings (SSSR count). The van der Waals surface area contributed by atoms with Gasteiger partial charge in [-0.25, -0.2) is 0 Å². The van der Waals surface area contributed by atoms with Gasteiger partial charge in [0.2, 0.25) is 0 Å². The minimum absolute atomic E-state index is 0.0557. The lowest BCUT2D eigenvalue weighted by atomic mass is 10.1. The Bertz CT molecular complexity index is 793. The van der Waals surface area contributed by atoms with Crippen molar-refractivity contribution in [3.63, 3.8) is 0 Å². The average molecular weight is 449 g/mol. The summed E-state index contributed by atoms with van der Waals surface area (Å²) in [6.45, 7) is 10.4. The normalized spacial score (nSPS) is 10.6. The Morgan fingerprint density at radius 3 is 2.54 bits per heavy atom. The van der Waals surface area contributed by atoms with E-state index in [1.165, 1.54) is 0 Å². The fourth-order valence-corrected chi connectivity index (χ4v) is 3.25. The van der Waals surface area contributed by atoms with Gasteiger partial charge in [0, 0.05) is 24.3 Å². The number of anilines is 1. The summed E-state index contributed by atoms with van der Waals surface area (Å²) in [6, 6.07) is 11.5. The molecule has 6 heteroatoms. The van der Waals surface area contributed by atoms with Gasteiger partial charge in [-0.15, -0.1) is 0 Å². The Morgan fingerprint density at radius 2 is 1.86 bits per heavy atom. The molecule has 5 nitrogen and oxygen atoms in total. The SMILES string of the molecule is CCOc1cc(CNc2cccc(C(=O)NCC(C)C)c2)cc(Br)c1OCC. The van der Waals surface area contributed by atoms with Crippen molar-refractivity contribution in [2.45, 2.75) is 34.2 Å². The molecule has 2 aromatic carbocycles. The minimum atomic E-state index is -0.0557. The summed E-state index contributed by atoms with van der Waals surface area (Å²) in [6.07, 6.45) is 0. The molecule has 1 amide bonds. The fourth-order valence-electron chi connectivity index (χ4n) is 2.64. The van der Waals surface area contributed by atoms with E-state index < -0.39 is 0 Å². The maximum Gasteiger partial charge on any atom is 0.251 e. The van der Waals surface area contributed by atoms with Crippen molar-refractivity contribution in [2.75, 3.05) is 25.1 Å². The van der Waals surface area contributed by atoms with E-state index in [9.17, 15) is 4.79 Å². The summed E-state index contributed by atoms with van der Waals surface area (Å²) in [5.74, 6) is 1.80. The number of amides is 1. The van der Waals surface area contributed by atoms with Gasteiger partial charge in [0.1, 0.15) is 0 Å². The van der Waals surface area contributed by atoms with Gasteiger partial charge in [0.15, 0.2) is 11.5 Å². The zero-order chi connectivity index (χ0) is 20.5. The van der Waals surface area contributed by atoms with Crippen molar-refractivity contribution in [2.24, 2.45) is 5.92 Å². The third-order valence-corrected chi connectivity index (χ3v) is 4.54. The predicted octanol–water partition coefficient (Wildman–Crippen LogP) is 5.24. The van der Waals surface area contributed by atoms with Crippen LogP contribution < -0.4 is 20.1 Å². The molecule has 2 N–H and O–H groups in total. The summed E-state index contributed by atoms with van der Waals surface area (Å²) >= 11 is 3.57. The van der Waals surface area contributed by atoms with Crippen LogP contribution >= 0.6 is 15.9 Å². The summed E-state index contributed by atoms with van der Waals surface area (Å²) in [7, 11) is 0. The van der Waals surface area contributed by atoms with Gasteiger partial charge in [-0.1, -0.05) is 19.9 Å². The molecule has 0 aliphatic carbocycles. The number of benzene rings is 2. The van der Waals surface area contributed by atoms with Crippen LogP contribution in [0.15, 0.2) is 40.9 Å². The molecule has 0 fully saturated rings. The van der Waals surface area contributed by atoms with Crippen LogP contribution in [-0.4, -0.2) is 25.7 Å². The summed E-state index contributed by atoms with van der Waals surface area (Å²) in [5, 5.41) is 6.32. The topological polar surface area (TPSA) is 59.6 Å². The Labute approximate surface area is 175 Å². The molecular formula is C22H29BrN2O3. The maximum absolute atomic E-state index is 12.3. The molecule has 0 radical (unpaired) electrons. The zero-order valence-corrected chi connectivity index (χ0v) is 18.6. The molecular weight excluding hydrogens is 420 g/mol. The molecule has 28 heavy (non-hydrogen) atoms. The van der Waals surface area contributed by atoms with Crippen LogP contribution in [-0.2, 0) is 6.54 Å². The average Bonchev–Trinajstić information content (AvgIpc) is 2.67. The summed E-state index contributed by atoms with van der Waals surface area (Å²) in [4.78, 5) is 12.3. The number of rotatable bonds is 10. The van der Waals surface area contributed by atoms with Crippen molar-refractivity contribution in [1.29, 1.82) is 0 Å². The largest absolute Gasteiger partial charge is 0.490 e. The highest BCUT2D eigenvalue weighted by Crippen LogP contribution is 2.37. The Kier molecular flexibility index (Phi) is 8.64. The molecule has 0 spiro atoms. The second kappa shape index (κ2) is 11.0. The molecule has 0 aliphatic rings. The van der Waals surface area contributed by atoms with Gasteiger partial charge in [-0.3, -0.25) is 4.79 Å². The van der Waals surface area contributed by atoms with Gasteiger partial charge in [0.25, 0.3) is 5.91 Å². The number of hydrogen-bond donors (Lipinski definition) is 2. The van der Waals surface area contributed by atoms with Crippen LogP contribution in [0.1, 0.15) is 43.6 Å². The molecule has 0 saturated carbocycles. The van der Waals surface area contributed by atoms with E-state index in [1.54, 1.807) is 0 Å². The van der Waals surface area contributed by atoms with Crippen molar-refractivity contribution in [1.82, 2.24) is 5.32 Å². The molecule has 0 atom stereocenters. The van der Waals surface area contributed by atoms with Crippen molar-refractivity contribution in [3.05, 3.63) is 52.0 Å². The van der Waals surface area contributed by atoms with Crippen LogP contribution in [0.5, 0.6) is 11.5 Å². The second-order valence-corrected chi connectivity index (χ2v) is 7.66. The Balaban J connectivity index is 2.09. The van der Waals surface area contributed by atoms with E-state index in [1.807, 2.05) is 50.2 Å². The summed E-state index contributed by atoms with van der Waals surface area (Å²) in [5.41, 5.74) is 2.59. The second-order valence-electron chi connectivity index (χ2n) is 6.81. The number of nitrogens with one attached hydrogen (secondary N) is 2. The lowest BCUT2D eigenvalue weighted by Gasteiger charge is -2.15. The molecule has 0 aromatic heterocycles. The third-order valence-electron chi connectivity index (χ3n) is 3.95. The zero-order valence-electron chi connectivity index (χ0n) is 17.0. The maximum atomic E-state index is 12.3. The molecule has 0 saturated heterocycles. The summed E-state index contributed by atoms with van der Waals surface area (Å²) < 4.78 is 12.3. The predicted molar refractivity (Wildman–Crippen MR) is 117 cm³/mol. The molecule has 0 unspecified atom stereocenters. The van der Waals surface area contributed by atoms with E-state index in [-0.39, 0.29) is 5.91 Å². The molecule has 0 heterocycles. The van der Waals surface area contributed by atoms with E-state index in [0.29, 0.717) is 37.8 Å². The minimum Gasteiger partial charge on any atom is -0.490 e. The van der Waals surface area contributed by atoms with Crippen LogP contribution in [0.2, 0.25) is 0 Å². The van der Waals surface area contributed by atoms with E-state index >= 15 is 0 Å². The smallest absolute Gasteiger partial charge is 0.251 e. The number of hydrogen-bond acceptors (Lipinski definition) is 4. The fraction of sp³-hybridized carbons (Fsp3) is 0.409. The highest BCUT2D eigenvalue weighted by Gasteiger charge is 2.12. The quantitative estimate of drug-likeness (QED) is 0.521. The first kappa shape index (κ1) is 22.1. The van der Waals surface area contributed by atoms with Crippen LogP contribution in [0.4, 0.5) is 5.69 Å². The van der Waals surface area contributed by atoms with Crippen LogP contribution in [0, 0.1) is 5.92 Å². The third kappa shape index (κ3) is 6.44.